The second-order valence-corrected chi connectivity index (χ2v) is 3.11. The summed E-state index contributed by atoms with van der Waals surface area (Å²) in [5, 5.41) is 28.1. The fourth-order valence-electron chi connectivity index (χ4n) is 1.22. The second-order valence-electron chi connectivity index (χ2n) is 2.84. The fourth-order valence-corrected chi connectivity index (χ4v) is 1.42. The van der Waals surface area contributed by atoms with Crippen molar-refractivity contribution in [3.63, 3.8) is 0 Å². The molecule has 0 atom stereocenters. The largest absolute Gasteiger partial charge is 0.478 e. The lowest BCUT2D eigenvalue weighted by atomic mass is 10.0. The van der Waals surface area contributed by atoms with E-state index in [1.807, 2.05) is 0 Å². The van der Waals surface area contributed by atoms with Crippen molar-refractivity contribution in [3.05, 3.63) is 38.9 Å². The number of nitro groups is 1. The molecule has 0 bridgehead atoms. The van der Waals surface area contributed by atoms with E-state index < -0.39 is 16.6 Å². The Balaban J connectivity index is 3.57. The van der Waals surface area contributed by atoms with Gasteiger partial charge in [-0.1, -0.05) is 0 Å². The summed E-state index contributed by atoms with van der Waals surface area (Å²) in [4.78, 5) is 20.6. The number of carboxylic acids is 1. The number of nitriles is 1. The molecule has 1 rings (SSSR count). The number of aromatic carboxylic acids is 1. The van der Waals surface area contributed by atoms with E-state index >= 15 is 0 Å². The van der Waals surface area contributed by atoms with Gasteiger partial charge in [0.15, 0.2) is 0 Å². The summed E-state index contributed by atoms with van der Waals surface area (Å²) in [5.41, 5.74) is -0.927. The molecule has 0 spiro atoms. The highest BCUT2D eigenvalue weighted by Crippen LogP contribution is 2.26. The van der Waals surface area contributed by atoms with Gasteiger partial charge >= 0.3 is 5.97 Å². The lowest BCUT2D eigenvalue weighted by Crippen LogP contribution is -2.03. The Bertz CT molecular complexity index is 507. The Hall–Kier alpha value is -2.13. The first-order chi connectivity index (χ1) is 7.51. The van der Waals surface area contributed by atoms with Gasteiger partial charge in [0.25, 0.3) is 5.69 Å². The number of hydrogen-bond acceptors (Lipinski definition) is 4. The molecule has 0 radical (unpaired) electrons. The number of nitro benzene ring substituents is 1. The number of hydrogen-bond donors (Lipinski definition) is 1. The summed E-state index contributed by atoms with van der Waals surface area (Å²) >= 11 is 5.47. The van der Waals surface area contributed by atoms with Gasteiger partial charge in [-0.3, -0.25) is 10.1 Å². The standard InChI is InChI=1S/C9H5ClN2O4/c10-3-6-1-5(9(13)14)2-7(4-11)8(6)12(15)16/h1-2H,3H2,(H,13,14). The van der Waals surface area contributed by atoms with Crippen molar-refractivity contribution in [2.24, 2.45) is 0 Å². The van der Waals surface area contributed by atoms with E-state index in [2.05, 4.69) is 0 Å². The molecule has 6 nitrogen and oxygen atoms in total. The Morgan fingerprint density at radius 2 is 2.25 bits per heavy atom. The van der Waals surface area contributed by atoms with E-state index in [9.17, 15) is 14.9 Å². The molecule has 0 fully saturated rings. The van der Waals surface area contributed by atoms with Crippen LogP contribution in [0.3, 0.4) is 0 Å². The molecule has 0 aliphatic heterocycles. The third kappa shape index (κ3) is 2.10. The van der Waals surface area contributed by atoms with Crippen molar-refractivity contribution in [2.75, 3.05) is 0 Å². The van der Waals surface area contributed by atoms with Gasteiger partial charge in [0.1, 0.15) is 11.6 Å². The van der Waals surface area contributed by atoms with Crippen LogP contribution in [0.15, 0.2) is 12.1 Å². The predicted molar refractivity (Wildman–Crippen MR) is 54.3 cm³/mol. The van der Waals surface area contributed by atoms with Crippen molar-refractivity contribution < 1.29 is 14.8 Å². The van der Waals surface area contributed by atoms with Crippen molar-refractivity contribution in [1.82, 2.24) is 0 Å². The molecule has 1 N–H and O–H groups in total. The van der Waals surface area contributed by atoms with Crippen LogP contribution in [0.1, 0.15) is 21.5 Å². The van der Waals surface area contributed by atoms with Gasteiger partial charge in [0, 0.05) is 5.56 Å². The van der Waals surface area contributed by atoms with Gasteiger partial charge in [0.05, 0.1) is 16.4 Å². The molecule has 0 saturated carbocycles. The van der Waals surface area contributed by atoms with Crippen molar-refractivity contribution in [2.45, 2.75) is 5.88 Å². The highest BCUT2D eigenvalue weighted by Gasteiger charge is 2.22. The van der Waals surface area contributed by atoms with E-state index in [0.717, 1.165) is 12.1 Å². The lowest BCUT2D eigenvalue weighted by Gasteiger charge is -2.02. The first-order valence-electron chi connectivity index (χ1n) is 4.02. The zero-order chi connectivity index (χ0) is 12.3. The molecule has 0 aliphatic carbocycles. The Morgan fingerprint density at radius 1 is 1.62 bits per heavy atom. The number of rotatable bonds is 3. The summed E-state index contributed by atoms with van der Waals surface area (Å²) < 4.78 is 0. The van der Waals surface area contributed by atoms with E-state index in [1.165, 1.54) is 0 Å². The second kappa shape index (κ2) is 4.59. The van der Waals surface area contributed by atoms with Crippen molar-refractivity contribution in [1.29, 1.82) is 5.26 Å². The fraction of sp³-hybridized carbons (Fsp3) is 0.111. The number of benzene rings is 1. The van der Waals surface area contributed by atoms with Crippen LogP contribution in [-0.2, 0) is 5.88 Å². The molecule has 1 aromatic carbocycles. The van der Waals surface area contributed by atoms with Crippen LogP contribution in [0.2, 0.25) is 0 Å². The first-order valence-corrected chi connectivity index (χ1v) is 4.55. The predicted octanol–water partition coefficient (Wildman–Crippen LogP) is 1.90. The summed E-state index contributed by atoms with van der Waals surface area (Å²) in [6.07, 6.45) is 0. The monoisotopic (exact) mass is 240 g/mol. The van der Waals surface area contributed by atoms with Crippen LogP contribution in [0.5, 0.6) is 0 Å². The van der Waals surface area contributed by atoms with Crippen LogP contribution < -0.4 is 0 Å². The Morgan fingerprint density at radius 3 is 2.62 bits per heavy atom. The van der Waals surface area contributed by atoms with E-state index in [4.69, 9.17) is 22.0 Å². The van der Waals surface area contributed by atoms with E-state index in [0.29, 0.717) is 0 Å². The molecule has 0 saturated heterocycles. The lowest BCUT2D eigenvalue weighted by molar-refractivity contribution is -0.385. The molecule has 7 heteroatoms. The maximum Gasteiger partial charge on any atom is 0.335 e. The number of carbonyl (C=O) groups is 1. The van der Waals surface area contributed by atoms with Gasteiger partial charge in [-0.2, -0.15) is 5.26 Å². The van der Waals surface area contributed by atoms with Crippen LogP contribution in [0.25, 0.3) is 0 Å². The van der Waals surface area contributed by atoms with Crippen LogP contribution in [0.4, 0.5) is 5.69 Å². The molecule has 82 valence electrons. The molecule has 1 aromatic rings. The first kappa shape index (κ1) is 11.9. The van der Waals surface area contributed by atoms with Crippen LogP contribution in [-0.4, -0.2) is 16.0 Å². The SMILES string of the molecule is N#Cc1cc(C(=O)O)cc(CCl)c1[N+](=O)[O-]. The van der Waals surface area contributed by atoms with Crippen LogP contribution in [0, 0.1) is 21.4 Å². The zero-order valence-electron chi connectivity index (χ0n) is 7.81. The third-order valence-corrected chi connectivity index (χ3v) is 2.17. The van der Waals surface area contributed by atoms with Crippen molar-refractivity contribution in [3.8, 4) is 6.07 Å². The zero-order valence-corrected chi connectivity index (χ0v) is 8.56. The van der Waals surface area contributed by atoms with Gasteiger partial charge < -0.3 is 5.11 Å². The molecular weight excluding hydrogens is 236 g/mol. The Labute approximate surface area is 94.8 Å². The van der Waals surface area contributed by atoms with Crippen molar-refractivity contribution >= 4 is 23.3 Å². The summed E-state index contributed by atoms with van der Waals surface area (Å²) in [7, 11) is 0. The number of alkyl halides is 1. The number of carboxylic acid groups (broad SMARTS) is 1. The highest BCUT2D eigenvalue weighted by molar-refractivity contribution is 6.17. The topological polar surface area (TPSA) is 104 Å². The summed E-state index contributed by atoms with van der Waals surface area (Å²) in [5.74, 6) is -1.50. The normalized spacial score (nSPS) is 9.50. The molecule has 16 heavy (non-hydrogen) atoms. The van der Waals surface area contributed by atoms with E-state index in [-0.39, 0.29) is 22.6 Å². The maximum absolute atomic E-state index is 10.7. The number of halogens is 1. The summed E-state index contributed by atoms with van der Waals surface area (Å²) in [6.45, 7) is 0. The molecule has 0 amide bonds. The highest BCUT2D eigenvalue weighted by atomic mass is 35.5. The van der Waals surface area contributed by atoms with Crippen LogP contribution >= 0.6 is 11.6 Å². The van der Waals surface area contributed by atoms with Gasteiger partial charge in [0.2, 0.25) is 0 Å². The molecular formula is C9H5ClN2O4. The van der Waals surface area contributed by atoms with Gasteiger partial charge in [-0.25, -0.2) is 4.79 Å². The quantitative estimate of drug-likeness (QED) is 0.494. The Kier molecular flexibility index (Phi) is 3.43. The molecule has 0 aromatic heterocycles. The average molecular weight is 241 g/mol. The van der Waals surface area contributed by atoms with E-state index in [1.54, 1.807) is 6.07 Å². The minimum absolute atomic E-state index is 0.0168. The molecule has 0 heterocycles. The average Bonchev–Trinajstić information content (AvgIpc) is 2.26. The molecule has 0 unspecified atom stereocenters. The van der Waals surface area contributed by atoms with Gasteiger partial charge in [-0.05, 0) is 12.1 Å². The maximum atomic E-state index is 10.7. The molecule has 0 aliphatic rings. The third-order valence-electron chi connectivity index (χ3n) is 1.88. The number of nitrogens with zero attached hydrogens (tertiary/aromatic N) is 2. The smallest absolute Gasteiger partial charge is 0.335 e. The minimum atomic E-state index is -1.27. The van der Waals surface area contributed by atoms with Gasteiger partial charge in [-0.15, -0.1) is 11.6 Å². The summed E-state index contributed by atoms with van der Waals surface area (Å²) in [6, 6.07) is 3.63. The minimum Gasteiger partial charge on any atom is -0.478 e.